The molecule has 3 unspecified atom stereocenters. The van der Waals surface area contributed by atoms with Gasteiger partial charge < -0.3 is 10.2 Å². The molecule has 0 amide bonds. The van der Waals surface area contributed by atoms with Gasteiger partial charge in [-0.2, -0.15) is 0 Å². The molecular weight excluding hydrogens is 244 g/mol. The molecular formula is C13H18N4S. The average molecular weight is 262 g/mol. The Bertz CT molecular complexity index is 456. The molecule has 4 rings (SSSR count). The van der Waals surface area contributed by atoms with Gasteiger partial charge in [0, 0.05) is 24.2 Å². The van der Waals surface area contributed by atoms with Gasteiger partial charge in [0.15, 0.2) is 5.96 Å². The summed E-state index contributed by atoms with van der Waals surface area (Å²) in [5.41, 5.74) is 0. The first-order valence-corrected chi connectivity index (χ1v) is 7.80. The summed E-state index contributed by atoms with van der Waals surface area (Å²) in [5.74, 6) is 1.14. The van der Waals surface area contributed by atoms with Crippen LogP contribution in [-0.4, -0.2) is 34.5 Å². The molecule has 3 atom stereocenters. The van der Waals surface area contributed by atoms with E-state index in [1.165, 1.54) is 30.7 Å². The zero-order valence-corrected chi connectivity index (χ0v) is 11.2. The van der Waals surface area contributed by atoms with E-state index in [1.54, 1.807) is 11.3 Å². The molecule has 0 aromatic carbocycles. The van der Waals surface area contributed by atoms with Crippen molar-refractivity contribution in [3.8, 4) is 0 Å². The van der Waals surface area contributed by atoms with Crippen LogP contribution in [0.5, 0.6) is 0 Å². The maximum absolute atomic E-state index is 4.68. The number of hydrogen-bond acceptors (Lipinski definition) is 5. The maximum atomic E-state index is 4.68. The second kappa shape index (κ2) is 4.23. The topological polar surface area (TPSA) is 40.5 Å². The van der Waals surface area contributed by atoms with Crippen molar-refractivity contribution in [1.29, 1.82) is 0 Å². The lowest BCUT2D eigenvalue weighted by atomic mass is 9.90. The van der Waals surface area contributed by atoms with Crippen molar-refractivity contribution in [3.63, 3.8) is 0 Å². The minimum Gasteiger partial charge on any atom is -0.351 e. The van der Waals surface area contributed by atoms with Gasteiger partial charge in [-0.15, -0.1) is 11.3 Å². The fraction of sp³-hybridized carbons (Fsp3) is 0.692. The van der Waals surface area contributed by atoms with Crippen LogP contribution in [0.25, 0.3) is 0 Å². The van der Waals surface area contributed by atoms with E-state index in [-0.39, 0.29) is 0 Å². The first-order chi connectivity index (χ1) is 8.93. The number of aliphatic imine (C=N–C) groups is 1. The molecule has 1 aliphatic carbocycles. The number of nitrogens with one attached hydrogen (secondary N) is 1. The van der Waals surface area contributed by atoms with E-state index in [0.717, 1.165) is 18.9 Å². The minimum absolute atomic E-state index is 0.457. The number of aromatic nitrogens is 1. The highest BCUT2D eigenvalue weighted by atomic mass is 32.1. The van der Waals surface area contributed by atoms with Crippen LogP contribution in [0.2, 0.25) is 0 Å². The third kappa shape index (κ3) is 1.56. The van der Waals surface area contributed by atoms with E-state index in [4.69, 9.17) is 0 Å². The highest BCUT2D eigenvalue weighted by molar-refractivity contribution is 7.09. The van der Waals surface area contributed by atoms with Crippen molar-refractivity contribution in [1.82, 2.24) is 15.2 Å². The van der Waals surface area contributed by atoms with Crippen molar-refractivity contribution in [2.24, 2.45) is 4.99 Å². The quantitative estimate of drug-likeness (QED) is 0.843. The summed E-state index contributed by atoms with van der Waals surface area (Å²) in [6.45, 7) is 0.933. The number of thiazole rings is 1. The normalized spacial score (nSPS) is 34.6. The Morgan fingerprint density at radius 1 is 1.28 bits per heavy atom. The Labute approximate surface area is 111 Å². The lowest BCUT2D eigenvalue weighted by molar-refractivity contribution is 0.188. The molecule has 1 saturated heterocycles. The zero-order valence-electron chi connectivity index (χ0n) is 10.4. The van der Waals surface area contributed by atoms with Crippen LogP contribution in [0.15, 0.2) is 16.6 Å². The molecule has 1 saturated carbocycles. The number of guanidine groups is 1. The lowest BCUT2D eigenvalue weighted by Crippen LogP contribution is -2.43. The fourth-order valence-corrected chi connectivity index (χ4v) is 4.36. The molecule has 2 fully saturated rings. The fourth-order valence-electron chi connectivity index (χ4n) is 3.59. The smallest absolute Gasteiger partial charge is 0.195 e. The van der Waals surface area contributed by atoms with Crippen LogP contribution in [0.1, 0.15) is 43.2 Å². The van der Waals surface area contributed by atoms with Crippen molar-refractivity contribution in [2.45, 2.75) is 50.2 Å². The second-order valence-corrected chi connectivity index (χ2v) is 6.32. The molecule has 0 radical (unpaired) electrons. The molecule has 0 bridgehead atoms. The maximum Gasteiger partial charge on any atom is 0.195 e. The van der Waals surface area contributed by atoms with E-state index in [1.807, 2.05) is 6.20 Å². The Balaban J connectivity index is 1.69. The van der Waals surface area contributed by atoms with E-state index in [0.29, 0.717) is 18.1 Å². The summed E-state index contributed by atoms with van der Waals surface area (Å²) in [6, 6.07) is 1.72. The monoisotopic (exact) mass is 262 g/mol. The Morgan fingerprint density at radius 2 is 2.22 bits per heavy atom. The summed E-state index contributed by atoms with van der Waals surface area (Å²) in [4.78, 5) is 11.7. The van der Waals surface area contributed by atoms with Gasteiger partial charge in [-0.3, -0.25) is 4.99 Å². The zero-order chi connectivity index (χ0) is 11.9. The van der Waals surface area contributed by atoms with Crippen molar-refractivity contribution < 1.29 is 0 Å². The summed E-state index contributed by atoms with van der Waals surface area (Å²) in [6.07, 6.45) is 8.35. The van der Waals surface area contributed by atoms with Gasteiger partial charge in [-0.25, -0.2) is 4.98 Å². The summed E-state index contributed by atoms with van der Waals surface area (Å²) < 4.78 is 0. The van der Waals surface area contributed by atoms with E-state index in [2.05, 4.69) is 25.6 Å². The second-order valence-electron chi connectivity index (χ2n) is 5.39. The molecule has 3 heterocycles. The summed E-state index contributed by atoms with van der Waals surface area (Å²) in [7, 11) is 0. The van der Waals surface area contributed by atoms with Gasteiger partial charge in [0.2, 0.25) is 0 Å². The molecule has 0 spiro atoms. The largest absolute Gasteiger partial charge is 0.351 e. The van der Waals surface area contributed by atoms with Crippen LogP contribution in [-0.2, 0) is 0 Å². The Kier molecular flexibility index (Phi) is 2.53. The number of nitrogens with zero attached hydrogens (tertiary/aromatic N) is 3. The van der Waals surface area contributed by atoms with E-state index in [9.17, 15) is 0 Å². The Hall–Kier alpha value is -1.10. The number of fused-ring (bicyclic) bond motifs is 3. The van der Waals surface area contributed by atoms with Gasteiger partial charge in [0.05, 0.1) is 12.1 Å². The molecule has 5 heteroatoms. The van der Waals surface area contributed by atoms with Gasteiger partial charge >= 0.3 is 0 Å². The van der Waals surface area contributed by atoms with Crippen molar-refractivity contribution in [3.05, 3.63) is 16.6 Å². The average Bonchev–Trinajstić information content (AvgIpc) is 3.05. The molecule has 2 aliphatic heterocycles. The Morgan fingerprint density at radius 3 is 3.11 bits per heavy atom. The summed E-state index contributed by atoms with van der Waals surface area (Å²) in [5, 5.41) is 6.99. The van der Waals surface area contributed by atoms with Gasteiger partial charge in [0.25, 0.3) is 0 Å². The highest BCUT2D eigenvalue weighted by Crippen LogP contribution is 2.38. The van der Waals surface area contributed by atoms with Gasteiger partial charge in [0.1, 0.15) is 5.01 Å². The molecule has 18 heavy (non-hydrogen) atoms. The molecule has 96 valence electrons. The number of rotatable bonds is 1. The van der Waals surface area contributed by atoms with Gasteiger partial charge in [-0.05, 0) is 19.3 Å². The van der Waals surface area contributed by atoms with Crippen LogP contribution in [0.4, 0.5) is 0 Å². The molecule has 1 aromatic heterocycles. The highest BCUT2D eigenvalue weighted by Gasteiger charge is 2.44. The van der Waals surface area contributed by atoms with Crippen molar-refractivity contribution in [2.75, 3.05) is 6.54 Å². The van der Waals surface area contributed by atoms with Crippen molar-refractivity contribution >= 4 is 17.3 Å². The van der Waals surface area contributed by atoms with Crippen LogP contribution >= 0.6 is 11.3 Å². The predicted octanol–water partition coefficient (Wildman–Crippen LogP) is 2.16. The van der Waals surface area contributed by atoms with Crippen LogP contribution in [0.3, 0.4) is 0 Å². The van der Waals surface area contributed by atoms with Crippen LogP contribution in [0, 0.1) is 0 Å². The first kappa shape index (κ1) is 10.8. The minimum atomic E-state index is 0.457. The third-order valence-electron chi connectivity index (χ3n) is 4.38. The third-order valence-corrected chi connectivity index (χ3v) is 5.26. The van der Waals surface area contributed by atoms with Gasteiger partial charge in [-0.1, -0.05) is 12.8 Å². The van der Waals surface area contributed by atoms with E-state index >= 15 is 0 Å². The molecule has 4 nitrogen and oxygen atoms in total. The molecule has 3 aliphatic rings. The SMILES string of the molecule is c1csc(C2CCN=C3NC4CCCCC4N32)n1. The summed E-state index contributed by atoms with van der Waals surface area (Å²) >= 11 is 1.78. The number of hydrogen-bond donors (Lipinski definition) is 1. The van der Waals surface area contributed by atoms with Crippen LogP contribution < -0.4 is 5.32 Å². The first-order valence-electron chi connectivity index (χ1n) is 6.92. The molecule has 1 N–H and O–H groups in total. The molecule has 1 aromatic rings. The predicted molar refractivity (Wildman–Crippen MR) is 72.8 cm³/mol. The standard InChI is InChI=1S/C13H18N4S/c1-2-4-10-9(3-1)16-13-15-6-5-11(17(10)13)12-14-7-8-18-12/h7-11H,1-6H2,(H,15,16). The van der Waals surface area contributed by atoms with E-state index < -0.39 is 0 Å². The lowest BCUT2D eigenvalue weighted by Gasteiger charge is -2.37.